The summed E-state index contributed by atoms with van der Waals surface area (Å²) in [5.41, 5.74) is 3.31. The number of carbonyl (C=O) groups is 1. The van der Waals surface area contributed by atoms with Gasteiger partial charge in [-0.15, -0.1) is 0 Å². The Morgan fingerprint density at radius 2 is 1.95 bits per heavy atom. The van der Waals surface area contributed by atoms with E-state index in [2.05, 4.69) is 34.0 Å². The highest BCUT2D eigenvalue weighted by atomic mass is 16.2. The molecule has 1 fully saturated rings. The van der Waals surface area contributed by atoms with Crippen LogP contribution in [-0.4, -0.2) is 41.1 Å². The first kappa shape index (κ1) is 12.9. The molecule has 1 N–H and O–H groups in total. The number of amides is 1. The maximum absolute atomic E-state index is 13.0. The van der Waals surface area contributed by atoms with Gasteiger partial charge in [0.2, 0.25) is 0 Å². The number of para-hydroxylation sites is 1. The molecule has 0 bridgehead atoms. The van der Waals surface area contributed by atoms with E-state index in [4.69, 9.17) is 0 Å². The lowest BCUT2D eigenvalue weighted by Gasteiger charge is -2.37. The lowest BCUT2D eigenvalue weighted by atomic mass is 9.98. The van der Waals surface area contributed by atoms with E-state index in [0.717, 1.165) is 49.8 Å². The number of nitrogens with zero attached hydrogens (tertiary/aromatic N) is 2. The molecule has 1 aromatic heterocycles. The number of aryl methyl sites for hydroxylation is 1. The van der Waals surface area contributed by atoms with Gasteiger partial charge < -0.3 is 14.8 Å². The fraction of sp³-hybridized carbons (Fsp3) is 0.471. The van der Waals surface area contributed by atoms with Gasteiger partial charge in [0.1, 0.15) is 0 Å². The Morgan fingerprint density at radius 3 is 2.76 bits per heavy atom. The van der Waals surface area contributed by atoms with Gasteiger partial charge in [0, 0.05) is 42.7 Å². The Morgan fingerprint density at radius 1 is 1.19 bits per heavy atom. The number of carbonyl (C=O) groups excluding carboxylic acids is 1. The molecule has 3 heterocycles. The van der Waals surface area contributed by atoms with Gasteiger partial charge in [-0.05, 0) is 32.0 Å². The van der Waals surface area contributed by atoms with Crippen LogP contribution in [0.2, 0.25) is 0 Å². The molecule has 1 saturated heterocycles. The zero-order chi connectivity index (χ0) is 14.4. The number of hydrogen-bond acceptors (Lipinski definition) is 2. The first-order valence-electron chi connectivity index (χ1n) is 7.85. The maximum Gasteiger partial charge on any atom is 0.256 e. The molecule has 1 aromatic carbocycles. The van der Waals surface area contributed by atoms with Crippen LogP contribution in [0.25, 0.3) is 10.9 Å². The summed E-state index contributed by atoms with van der Waals surface area (Å²) in [6, 6.07) is 8.67. The van der Waals surface area contributed by atoms with Gasteiger partial charge in [-0.2, -0.15) is 0 Å². The molecule has 1 amide bonds. The summed E-state index contributed by atoms with van der Waals surface area (Å²) in [7, 11) is 2.08. The lowest BCUT2D eigenvalue weighted by molar-refractivity contribution is 0.0623. The van der Waals surface area contributed by atoms with Gasteiger partial charge in [0.05, 0.1) is 5.56 Å². The van der Waals surface area contributed by atoms with Crippen molar-refractivity contribution < 1.29 is 4.79 Å². The summed E-state index contributed by atoms with van der Waals surface area (Å²) >= 11 is 0. The average molecular weight is 283 g/mol. The zero-order valence-corrected chi connectivity index (χ0v) is 12.4. The van der Waals surface area contributed by atoms with Crippen LogP contribution >= 0.6 is 0 Å². The van der Waals surface area contributed by atoms with Gasteiger partial charge in [-0.3, -0.25) is 4.79 Å². The SMILES string of the molecule is Cn1c2c(c3ccccc31)C(=O)N(C1CCNCC1)CC2. The minimum atomic E-state index is 0.236. The molecule has 4 rings (SSSR count). The topological polar surface area (TPSA) is 37.3 Å². The number of nitrogens with one attached hydrogen (secondary N) is 1. The first-order chi connectivity index (χ1) is 10.3. The Kier molecular flexibility index (Phi) is 3.00. The van der Waals surface area contributed by atoms with Crippen LogP contribution in [0.4, 0.5) is 0 Å². The molecule has 4 heteroatoms. The highest BCUT2D eigenvalue weighted by Gasteiger charge is 2.33. The van der Waals surface area contributed by atoms with Crippen LogP contribution in [0.5, 0.6) is 0 Å². The number of piperidine rings is 1. The van der Waals surface area contributed by atoms with E-state index in [9.17, 15) is 4.79 Å². The van der Waals surface area contributed by atoms with Gasteiger partial charge in [0.15, 0.2) is 0 Å². The van der Waals surface area contributed by atoms with Crippen molar-refractivity contribution in [2.45, 2.75) is 25.3 Å². The van der Waals surface area contributed by atoms with E-state index in [0.29, 0.717) is 6.04 Å². The smallest absolute Gasteiger partial charge is 0.256 e. The summed E-state index contributed by atoms with van der Waals surface area (Å²) in [6.07, 6.45) is 3.12. The van der Waals surface area contributed by atoms with Gasteiger partial charge in [-0.25, -0.2) is 0 Å². The van der Waals surface area contributed by atoms with Crippen molar-refractivity contribution in [3.63, 3.8) is 0 Å². The number of rotatable bonds is 1. The van der Waals surface area contributed by atoms with Crippen LogP contribution in [0, 0.1) is 0 Å². The molecule has 2 aliphatic heterocycles. The molecule has 4 nitrogen and oxygen atoms in total. The maximum atomic E-state index is 13.0. The summed E-state index contributed by atoms with van der Waals surface area (Å²) in [5, 5.41) is 4.49. The Hall–Kier alpha value is -1.81. The number of aromatic nitrogens is 1. The normalized spacial score (nSPS) is 20.0. The standard InChI is InChI=1S/C17H21N3O/c1-19-14-5-3-2-4-13(14)16-15(19)8-11-20(17(16)21)12-6-9-18-10-7-12/h2-5,12,18H,6-11H2,1H3. The fourth-order valence-electron chi connectivity index (χ4n) is 3.92. The third-order valence-electron chi connectivity index (χ3n) is 5.04. The van der Waals surface area contributed by atoms with E-state index >= 15 is 0 Å². The summed E-state index contributed by atoms with van der Waals surface area (Å²) < 4.78 is 2.20. The third kappa shape index (κ3) is 1.89. The molecule has 2 aliphatic rings. The number of benzene rings is 1. The van der Waals surface area contributed by atoms with Crippen molar-refractivity contribution in [2.75, 3.05) is 19.6 Å². The second-order valence-corrected chi connectivity index (χ2v) is 6.13. The predicted molar refractivity (Wildman–Crippen MR) is 83.6 cm³/mol. The zero-order valence-electron chi connectivity index (χ0n) is 12.4. The van der Waals surface area contributed by atoms with E-state index < -0.39 is 0 Å². The van der Waals surface area contributed by atoms with E-state index in [-0.39, 0.29) is 5.91 Å². The van der Waals surface area contributed by atoms with Gasteiger partial charge >= 0.3 is 0 Å². The molecule has 110 valence electrons. The van der Waals surface area contributed by atoms with Crippen molar-refractivity contribution in [3.05, 3.63) is 35.5 Å². The fourth-order valence-corrected chi connectivity index (χ4v) is 3.92. The summed E-state index contributed by atoms with van der Waals surface area (Å²) in [4.78, 5) is 15.2. The van der Waals surface area contributed by atoms with E-state index in [1.807, 2.05) is 12.1 Å². The van der Waals surface area contributed by atoms with E-state index in [1.165, 1.54) is 11.2 Å². The Balaban J connectivity index is 1.78. The number of hydrogen-bond donors (Lipinski definition) is 1. The van der Waals surface area contributed by atoms with Crippen LogP contribution in [-0.2, 0) is 13.5 Å². The Bertz CT molecular complexity index is 697. The van der Waals surface area contributed by atoms with Crippen LogP contribution in [0.1, 0.15) is 28.9 Å². The lowest BCUT2D eigenvalue weighted by Crippen LogP contribution is -2.49. The van der Waals surface area contributed by atoms with Crippen LogP contribution in [0.15, 0.2) is 24.3 Å². The quantitative estimate of drug-likeness (QED) is 0.868. The first-order valence-corrected chi connectivity index (χ1v) is 7.85. The molecule has 0 atom stereocenters. The average Bonchev–Trinajstić information content (AvgIpc) is 2.83. The van der Waals surface area contributed by atoms with Gasteiger partial charge in [-0.1, -0.05) is 18.2 Å². The molecular weight excluding hydrogens is 262 g/mol. The van der Waals surface area contributed by atoms with Crippen molar-refractivity contribution in [1.29, 1.82) is 0 Å². The van der Waals surface area contributed by atoms with Crippen LogP contribution in [0.3, 0.4) is 0 Å². The van der Waals surface area contributed by atoms with Gasteiger partial charge in [0.25, 0.3) is 5.91 Å². The van der Waals surface area contributed by atoms with E-state index in [1.54, 1.807) is 0 Å². The molecule has 21 heavy (non-hydrogen) atoms. The molecular formula is C17H21N3O. The highest BCUT2D eigenvalue weighted by Crippen LogP contribution is 2.31. The van der Waals surface area contributed by atoms with Crippen LogP contribution < -0.4 is 5.32 Å². The largest absolute Gasteiger partial charge is 0.347 e. The minimum absolute atomic E-state index is 0.236. The third-order valence-corrected chi connectivity index (χ3v) is 5.04. The molecule has 0 saturated carbocycles. The monoisotopic (exact) mass is 283 g/mol. The number of fused-ring (bicyclic) bond motifs is 3. The van der Waals surface area contributed by atoms with Crippen molar-refractivity contribution in [3.8, 4) is 0 Å². The minimum Gasteiger partial charge on any atom is -0.347 e. The predicted octanol–water partition coefficient (Wildman–Crippen LogP) is 1.93. The highest BCUT2D eigenvalue weighted by molar-refractivity contribution is 6.09. The molecule has 0 spiro atoms. The second kappa shape index (κ2) is 4.88. The second-order valence-electron chi connectivity index (χ2n) is 6.13. The van der Waals surface area contributed by atoms with Crippen molar-refractivity contribution >= 4 is 16.8 Å². The molecule has 0 aliphatic carbocycles. The Labute approximate surface area is 124 Å². The summed E-state index contributed by atoms with van der Waals surface area (Å²) in [6.45, 7) is 2.91. The molecule has 0 unspecified atom stereocenters. The van der Waals surface area contributed by atoms with Crippen molar-refractivity contribution in [1.82, 2.24) is 14.8 Å². The molecule has 0 radical (unpaired) electrons. The molecule has 2 aromatic rings. The van der Waals surface area contributed by atoms with Crippen molar-refractivity contribution in [2.24, 2.45) is 7.05 Å². The summed E-state index contributed by atoms with van der Waals surface area (Å²) in [5.74, 6) is 0.236.